The summed E-state index contributed by atoms with van der Waals surface area (Å²) < 4.78 is 14.9. The third-order valence-corrected chi connectivity index (χ3v) is 13.5. The van der Waals surface area contributed by atoms with Crippen molar-refractivity contribution in [3.63, 3.8) is 0 Å². The molecule has 2 nitrogen and oxygen atoms in total. The zero-order valence-electron chi connectivity index (χ0n) is 14.5. The van der Waals surface area contributed by atoms with E-state index in [0.29, 0.717) is 0 Å². The van der Waals surface area contributed by atoms with Crippen LogP contribution in [-0.2, 0) is 0 Å². The molecule has 0 saturated carbocycles. The third-order valence-electron chi connectivity index (χ3n) is 4.05. The van der Waals surface area contributed by atoms with Crippen LogP contribution in [0.1, 0.15) is 5.56 Å². The molecular weight excluding hydrogens is 505 g/mol. The number of hydrogen-bond donors (Lipinski definition) is 0. The molecule has 0 aliphatic heterocycles. The first-order valence-electron chi connectivity index (χ1n) is 8.06. The summed E-state index contributed by atoms with van der Waals surface area (Å²) in [4.78, 5) is 0. The van der Waals surface area contributed by atoms with E-state index in [1.165, 1.54) is 9.81 Å². The van der Waals surface area contributed by atoms with Gasteiger partial charge >= 0.3 is 158 Å². The van der Waals surface area contributed by atoms with Gasteiger partial charge in [0.2, 0.25) is 0 Å². The molecule has 0 N–H and O–H groups in total. The Balaban J connectivity index is 2.06. The number of ether oxygens (including phenoxy) is 2. The molecule has 0 spiro atoms. The average Bonchev–Trinajstić information content (AvgIpc) is 2.70. The van der Waals surface area contributed by atoms with Crippen LogP contribution in [0.25, 0.3) is 6.08 Å². The van der Waals surface area contributed by atoms with E-state index in [4.69, 9.17) is 9.47 Å². The molecule has 0 amide bonds. The van der Waals surface area contributed by atoms with E-state index in [2.05, 4.69) is 79.4 Å². The van der Waals surface area contributed by atoms with Crippen molar-refractivity contribution < 1.29 is 9.47 Å². The molecule has 0 fully saturated rings. The second-order valence-corrected chi connectivity index (χ2v) is 14.2. The van der Waals surface area contributed by atoms with E-state index in [0.717, 1.165) is 17.1 Å². The van der Waals surface area contributed by atoms with Crippen LogP contribution >= 0.6 is 0 Å². The third kappa shape index (κ3) is 4.11. The van der Waals surface area contributed by atoms with Crippen LogP contribution in [0, 0.1) is 0 Å². The summed E-state index contributed by atoms with van der Waals surface area (Å²) in [5.74, 6) is 1.79. The van der Waals surface area contributed by atoms with E-state index >= 15 is 0 Å². The van der Waals surface area contributed by atoms with Crippen molar-refractivity contribution in [3.8, 4) is 11.5 Å². The quantitative estimate of drug-likeness (QED) is 0.461. The zero-order valence-corrected chi connectivity index (χ0v) is 18.0. The molecule has 0 bridgehead atoms. The van der Waals surface area contributed by atoms with Crippen molar-refractivity contribution in [2.75, 3.05) is 14.2 Å². The Morgan fingerprint density at radius 3 is 1.32 bits per heavy atom. The Bertz CT molecular complexity index is 774. The van der Waals surface area contributed by atoms with E-state index in [1.54, 1.807) is 14.2 Å². The van der Waals surface area contributed by atoms with Gasteiger partial charge in [0.25, 0.3) is 0 Å². The van der Waals surface area contributed by atoms with Gasteiger partial charge in [-0.3, -0.25) is 0 Å². The van der Waals surface area contributed by atoms with Crippen molar-refractivity contribution in [2.45, 2.75) is 0 Å². The van der Waals surface area contributed by atoms with Gasteiger partial charge in [-0.2, -0.15) is 0 Å². The standard InChI is InChI=1S/C8H7.2C7H7O.Bi/c1-2-8-6-4-3-5-7-8;2*1-8-7-5-3-2-4-6-7;/h2,4-7H,1H2;2*3-6H,1H3;. The van der Waals surface area contributed by atoms with Crippen molar-refractivity contribution in [2.24, 2.45) is 0 Å². The maximum atomic E-state index is 5.32. The van der Waals surface area contributed by atoms with Crippen LogP contribution in [0.4, 0.5) is 0 Å². The molecular formula is C22H21BiO2. The number of methoxy groups -OCH3 is 2. The van der Waals surface area contributed by atoms with Crippen LogP contribution in [0.3, 0.4) is 0 Å². The van der Waals surface area contributed by atoms with Crippen LogP contribution in [0.5, 0.6) is 11.5 Å². The molecule has 126 valence electrons. The minimum atomic E-state index is -2.34. The van der Waals surface area contributed by atoms with Gasteiger partial charge in [0, 0.05) is 0 Å². The first-order valence-corrected chi connectivity index (χ1v) is 13.3. The molecule has 0 saturated heterocycles. The van der Waals surface area contributed by atoms with Crippen molar-refractivity contribution in [1.82, 2.24) is 0 Å². The number of benzene rings is 3. The van der Waals surface area contributed by atoms with Gasteiger partial charge in [-0.15, -0.1) is 0 Å². The van der Waals surface area contributed by atoms with Crippen molar-refractivity contribution in [1.29, 1.82) is 0 Å². The number of hydrogen-bond acceptors (Lipinski definition) is 2. The second-order valence-electron chi connectivity index (χ2n) is 5.53. The van der Waals surface area contributed by atoms with Crippen molar-refractivity contribution in [3.05, 3.63) is 84.9 Å². The molecule has 0 heterocycles. The molecule has 3 aromatic carbocycles. The normalized spacial score (nSPS) is 10.5. The van der Waals surface area contributed by atoms with Gasteiger partial charge in [-0.05, 0) is 0 Å². The molecule has 0 radical (unpaired) electrons. The molecule has 3 aromatic rings. The van der Waals surface area contributed by atoms with Gasteiger partial charge in [0.15, 0.2) is 0 Å². The molecule has 0 aliphatic rings. The maximum absolute atomic E-state index is 5.32. The average molecular weight is 526 g/mol. The van der Waals surface area contributed by atoms with E-state index in [9.17, 15) is 0 Å². The van der Waals surface area contributed by atoms with Gasteiger partial charge in [-0.1, -0.05) is 0 Å². The predicted molar refractivity (Wildman–Crippen MR) is 107 cm³/mol. The SMILES string of the molecule is C=Cc1cc[c]([Bi]([c]2ccc(OC)cc2)[c]2ccc(OC)cc2)cc1. The van der Waals surface area contributed by atoms with E-state index in [1.807, 2.05) is 6.08 Å². The molecule has 25 heavy (non-hydrogen) atoms. The summed E-state index contributed by atoms with van der Waals surface area (Å²) in [5, 5.41) is 0. The van der Waals surface area contributed by atoms with Gasteiger partial charge in [-0.25, -0.2) is 0 Å². The summed E-state index contributed by atoms with van der Waals surface area (Å²) in [6.07, 6.45) is 1.88. The van der Waals surface area contributed by atoms with Crippen LogP contribution < -0.4 is 19.3 Å². The van der Waals surface area contributed by atoms with Gasteiger partial charge < -0.3 is 0 Å². The van der Waals surface area contributed by atoms with E-state index < -0.39 is 21.8 Å². The number of rotatable bonds is 6. The monoisotopic (exact) mass is 526 g/mol. The van der Waals surface area contributed by atoms with Crippen LogP contribution in [0.15, 0.2) is 79.4 Å². The van der Waals surface area contributed by atoms with Gasteiger partial charge in [0.1, 0.15) is 0 Å². The zero-order chi connectivity index (χ0) is 17.6. The molecule has 3 heteroatoms. The fraction of sp³-hybridized carbons (Fsp3) is 0.0909. The van der Waals surface area contributed by atoms with Crippen LogP contribution in [0.2, 0.25) is 0 Å². The summed E-state index contributed by atoms with van der Waals surface area (Å²) in [7, 11) is 3.40. The summed E-state index contributed by atoms with van der Waals surface area (Å²) in [6, 6.07) is 25.9. The van der Waals surface area contributed by atoms with E-state index in [-0.39, 0.29) is 0 Å². The molecule has 3 rings (SSSR count). The van der Waals surface area contributed by atoms with Crippen LogP contribution in [-0.4, -0.2) is 36.0 Å². The summed E-state index contributed by atoms with van der Waals surface area (Å²) >= 11 is -2.34. The topological polar surface area (TPSA) is 18.5 Å². The Morgan fingerprint density at radius 1 is 0.640 bits per heavy atom. The van der Waals surface area contributed by atoms with Gasteiger partial charge in [0.05, 0.1) is 0 Å². The first-order chi connectivity index (χ1) is 12.2. The molecule has 0 aliphatic carbocycles. The second kappa shape index (κ2) is 8.31. The fourth-order valence-corrected chi connectivity index (χ4v) is 11.4. The molecule has 0 atom stereocenters. The first kappa shape index (κ1) is 17.7. The Hall–Kier alpha value is -2.12. The van der Waals surface area contributed by atoms with Crippen molar-refractivity contribution >= 4 is 37.6 Å². The fourth-order valence-electron chi connectivity index (χ4n) is 2.67. The predicted octanol–water partition coefficient (Wildman–Crippen LogP) is 2.86. The Morgan fingerprint density at radius 2 is 1.00 bits per heavy atom. The Kier molecular flexibility index (Phi) is 5.88. The molecule has 0 unspecified atom stereocenters. The Labute approximate surface area is 157 Å². The summed E-state index contributed by atoms with van der Waals surface area (Å²) in [6.45, 7) is 3.85. The molecule has 0 aromatic heterocycles. The summed E-state index contributed by atoms with van der Waals surface area (Å²) in [5.41, 5.74) is 1.15. The minimum absolute atomic E-state index is 0.893.